The standard InChI is InChI=1S/C20H25N3O3/c1-3-23(4-2)14-13-21-20(25)16-7-9-17(10-8-16)22-19(24)12-11-18-6-5-15-26-18/h5-12,15H,3-4,13-14H2,1-2H3,(H,21,25)(H,22,24)/p+1/b12-11+. The van der Waals surface area contributed by atoms with E-state index in [2.05, 4.69) is 24.5 Å². The average Bonchev–Trinajstić information content (AvgIpc) is 3.18. The molecule has 0 aliphatic carbocycles. The van der Waals surface area contributed by atoms with Crippen molar-refractivity contribution in [2.75, 3.05) is 31.5 Å². The number of nitrogens with one attached hydrogen (secondary N) is 3. The molecule has 26 heavy (non-hydrogen) atoms. The Morgan fingerprint density at radius 3 is 2.46 bits per heavy atom. The maximum absolute atomic E-state index is 12.1. The Hall–Kier alpha value is -2.86. The van der Waals surface area contributed by atoms with Gasteiger partial charge in [-0.05, 0) is 56.3 Å². The fourth-order valence-electron chi connectivity index (χ4n) is 2.49. The van der Waals surface area contributed by atoms with E-state index in [1.807, 2.05) is 0 Å². The van der Waals surface area contributed by atoms with Crippen molar-refractivity contribution in [1.82, 2.24) is 5.32 Å². The summed E-state index contributed by atoms with van der Waals surface area (Å²) in [5.41, 5.74) is 1.20. The van der Waals surface area contributed by atoms with E-state index < -0.39 is 0 Å². The molecule has 0 spiro atoms. The van der Waals surface area contributed by atoms with Gasteiger partial charge in [0, 0.05) is 17.3 Å². The van der Waals surface area contributed by atoms with Crippen LogP contribution in [0.1, 0.15) is 30.0 Å². The third-order valence-corrected chi connectivity index (χ3v) is 4.12. The normalized spacial score (nSPS) is 11.0. The molecule has 0 aliphatic rings. The Bertz CT molecular complexity index is 717. The molecule has 1 aromatic carbocycles. The zero-order chi connectivity index (χ0) is 18.8. The molecule has 0 saturated carbocycles. The number of carbonyl (C=O) groups excluding carboxylic acids is 2. The molecule has 0 aliphatic heterocycles. The monoisotopic (exact) mass is 356 g/mol. The van der Waals surface area contributed by atoms with Crippen LogP contribution in [0.5, 0.6) is 0 Å². The van der Waals surface area contributed by atoms with Crippen LogP contribution in [0.2, 0.25) is 0 Å². The fourth-order valence-corrected chi connectivity index (χ4v) is 2.49. The van der Waals surface area contributed by atoms with Crippen LogP contribution in [0.25, 0.3) is 6.08 Å². The summed E-state index contributed by atoms with van der Waals surface area (Å²) in [6.45, 7) is 7.93. The highest BCUT2D eigenvalue weighted by molar-refractivity contribution is 6.02. The summed E-state index contributed by atoms with van der Waals surface area (Å²) < 4.78 is 5.12. The zero-order valence-corrected chi connectivity index (χ0v) is 15.2. The SMILES string of the molecule is CC[NH+](CC)CCNC(=O)c1ccc(NC(=O)/C=C/c2ccco2)cc1. The second-order valence-corrected chi connectivity index (χ2v) is 5.88. The van der Waals surface area contributed by atoms with E-state index in [4.69, 9.17) is 4.42 Å². The summed E-state index contributed by atoms with van der Waals surface area (Å²) in [6, 6.07) is 10.3. The van der Waals surface area contributed by atoms with Crippen molar-refractivity contribution in [3.8, 4) is 0 Å². The molecule has 2 rings (SSSR count). The average molecular weight is 356 g/mol. The van der Waals surface area contributed by atoms with E-state index in [-0.39, 0.29) is 11.8 Å². The van der Waals surface area contributed by atoms with Crippen molar-refractivity contribution in [2.45, 2.75) is 13.8 Å². The summed E-state index contributed by atoms with van der Waals surface area (Å²) in [6.07, 6.45) is 4.54. The summed E-state index contributed by atoms with van der Waals surface area (Å²) in [4.78, 5) is 25.5. The van der Waals surface area contributed by atoms with Crippen molar-refractivity contribution < 1.29 is 18.9 Å². The number of benzene rings is 1. The molecule has 6 nitrogen and oxygen atoms in total. The molecule has 0 radical (unpaired) electrons. The first kappa shape index (κ1) is 19.5. The number of likely N-dealkylation sites (N-methyl/N-ethyl adjacent to an activating group) is 1. The summed E-state index contributed by atoms with van der Waals surface area (Å²) >= 11 is 0. The maximum Gasteiger partial charge on any atom is 0.251 e. The van der Waals surface area contributed by atoms with Gasteiger partial charge in [0.25, 0.3) is 5.91 Å². The minimum Gasteiger partial charge on any atom is -0.465 e. The van der Waals surface area contributed by atoms with Crippen LogP contribution in [-0.2, 0) is 4.79 Å². The Kier molecular flexibility index (Phi) is 7.64. The molecule has 3 N–H and O–H groups in total. The van der Waals surface area contributed by atoms with Gasteiger partial charge in [0.1, 0.15) is 5.76 Å². The molecular formula is C20H26N3O3+. The van der Waals surface area contributed by atoms with Gasteiger partial charge in [-0.25, -0.2) is 0 Å². The highest BCUT2D eigenvalue weighted by atomic mass is 16.3. The lowest BCUT2D eigenvalue weighted by Crippen LogP contribution is -3.12. The summed E-state index contributed by atoms with van der Waals surface area (Å²) in [5, 5.41) is 5.67. The smallest absolute Gasteiger partial charge is 0.251 e. The van der Waals surface area contributed by atoms with E-state index in [9.17, 15) is 9.59 Å². The van der Waals surface area contributed by atoms with E-state index in [1.54, 1.807) is 48.7 Å². The molecule has 0 bridgehead atoms. The molecule has 0 atom stereocenters. The van der Waals surface area contributed by atoms with Gasteiger partial charge >= 0.3 is 0 Å². The van der Waals surface area contributed by atoms with Gasteiger partial charge in [-0.1, -0.05) is 0 Å². The third kappa shape index (κ3) is 6.22. The number of rotatable bonds is 9. The molecule has 138 valence electrons. The van der Waals surface area contributed by atoms with E-state index in [0.29, 0.717) is 23.6 Å². The topological polar surface area (TPSA) is 75.8 Å². The second kappa shape index (κ2) is 10.2. The number of amides is 2. The van der Waals surface area contributed by atoms with Gasteiger partial charge < -0.3 is 20.0 Å². The minimum atomic E-state index is -0.263. The minimum absolute atomic E-state index is 0.104. The Morgan fingerprint density at radius 1 is 1.12 bits per heavy atom. The molecule has 1 heterocycles. The van der Waals surface area contributed by atoms with Crippen LogP contribution in [0, 0.1) is 0 Å². The predicted octanol–water partition coefficient (Wildman–Crippen LogP) is 1.59. The Balaban J connectivity index is 1.81. The van der Waals surface area contributed by atoms with Gasteiger partial charge in [0.2, 0.25) is 5.91 Å². The van der Waals surface area contributed by atoms with Crippen LogP contribution in [0.15, 0.2) is 53.2 Å². The molecule has 6 heteroatoms. The first-order chi connectivity index (χ1) is 12.6. The van der Waals surface area contributed by atoms with Crippen LogP contribution in [0.3, 0.4) is 0 Å². The van der Waals surface area contributed by atoms with Crippen LogP contribution in [-0.4, -0.2) is 38.0 Å². The lowest BCUT2D eigenvalue weighted by Gasteiger charge is -2.15. The molecule has 0 unspecified atom stereocenters. The number of furan rings is 1. The Labute approximate surface area is 153 Å². The molecule has 2 amide bonds. The van der Waals surface area contributed by atoms with Gasteiger partial charge in [-0.3, -0.25) is 9.59 Å². The summed E-state index contributed by atoms with van der Waals surface area (Å²) in [5.74, 6) is 0.242. The number of hydrogen-bond donors (Lipinski definition) is 3. The van der Waals surface area contributed by atoms with Gasteiger partial charge in [-0.15, -0.1) is 0 Å². The third-order valence-electron chi connectivity index (χ3n) is 4.12. The van der Waals surface area contributed by atoms with Gasteiger partial charge in [-0.2, -0.15) is 0 Å². The van der Waals surface area contributed by atoms with Crippen molar-refractivity contribution in [3.05, 3.63) is 60.1 Å². The van der Waals surface area contributed by atoms with Gasteiger partial charge in [0.15, 0.2) is 0 Å². The lowest BCUT2D eigenvalue weighted by atomic mass is 10.2. The number of anilines is 1. The summed E-state index contributed by atoms with van der Waals surface area (Å²) in [7, 11) is 0. The quantitative estimate of drug-likeness (QED) is 0.597. The van der Waals surface area contributed by atoms with Crippen molar-refractivity contribution in [3.63, 3.8) is 0 Å². The van der Waals surface area contributed by atoms with E-state index in [0.717, 1.165) is 19.6 Å². The number of quaternary nitrogens is 1. The lowest BCUT2D eigenvalue weighted by molar-refractivity contribution is -0.895. The molecule has 1 aromatic heterocycles. The second-order valence-electron chi connectivity index (χ2n) is 5.88. The molecule has 2 aromatic rings. The van der Waals surface area contributed by atoms with Crippen LogP contribution < -0.4 is 15.5 Å². The maximum atomic E-state index is 12.1. The van der Waals surface area contributed by atoms with E-state index in [1.165, 1.54) is 11.0 Å². The first-order valence-electron chi connectivity index (χ1n) is 8.86. The van der Waals surface area contributed by atoms with E-state index >= 15 is 0 Å². The van der Waals surface area contributed by atoms with Crippen molar-refractivity contribution in [2.24, 2.45) is 0 Å². The highest BCUT2D eigenvalue weighted by Gasteiger charge is 2.07. The highest BCUT2D eigenvalue weighted by Crippen LogP contribution is 2.10. The Morgan fingerprint density at radius 2 is 1.85 bits per heavy atom. The zero-order valence-electron chi connectivity index (χ0n) is 15.2. The molecular weight excluding hydrogens is 330 g/mol. The number of hydrogen-bond acceptors (Lipinski definition) is 3. The van der Waals surface area contributed by atoms with Crippen molar-refractivity contribution >= 4 is 23.6 Å². The van der Waals surface area contributed by atoms with Crippen LogP contribution in [0.4, 0.5) is 5.69 Å². The fraction of sp³-hybridized carbons (Fsp3) is 0.300. The molecule has 0 fully saturated rings. The predicted molar refractivity (Wildman–Crippen MR) is 102 cm³/mol. The van der Waals surface area contributed by atoms with Gasteiger partial charge in [0.05, 0.1) is 32.4 Å². The molecule has 0 saturated heterocycles. The first-order valence-corrected chi connectivity index (χ1v) is 8.86. The van der Waals surface area contributed by atoms with Crippen LogP contribution >= 0.6 is 0 Å². The largest absolute Gasteiger partial charge is 0.465 e. The van der Waals surface area contributed by atoms with Crippen molar-refractivity contribution in [1.29, 1.82) is 0 Å². The number of carbonyl (C=O) groups is 2.